The SMILES string of the molecule is Cn1cc(C2CCN(C(=O)C3CCCC3)CC2)c2c(C(F)(F)F)c(N)cnc21. The molecule has 2 fully saturated rings. The van der Waals surface area contributed by atoms with E-state index in [-0.39, 0.29) is 28.8 Å². The minimum absolute atomic E-state index is 0.0407. The molecule has 1 aliphatic carbocycles. The third kappa shape index (κ3) is 3.22. The number of carbonyl (C=O) groups excluding carboxylic acids is 1. The second-order valence-electron chi connectivity index (χ2n) is 8.06. The van der Waals surface area contributed by atoms with Crippen LogP contribution in [0, 0.1) is 5.92 Å². The van der Waals surface area contributed by atoms with E-state index in [1.165, 1.54) is 0 Å². The van der Waals surface area contributed by atoms with E-state index >= 15 is 0 Å². The fraction of sp³-hybridized carbons (Fsp3) is 0.600. The molecular formula is C20H25F3N4O. The van der Waals surface area contributed by atoms with Crippen molar-refractivity contribution in [1.82, 2.24) is 14.5 Å². The number of piperidine rings is 1. The molecule has 1 amide bonds. The summed E-state index contributed by atoms with van der Waals surface area (Å²) in [7, 11) is 1.70. The molecule has 0 atom stereocenters. The van der Waals surface area contributed by atoms with Crippen LogP contribution >= 0.6 is 0 Å². The summed E-state index contributed by atoms with van der Waals surface area (Å²) in [5.74, 6) is 0.312. The first-order chi connectivity index (χ1) is 13.3. The summed E-state index contributed by atoms with van der Waals surface area (Å²) in [5.41, 5.74) is 5.46. The molecule has 0 unspecified atom stereocenters. The summed E-state index contributed by atoms with van der Waals surface area (Å²) >= 11 is 0. The molecule has 5 nitrogen and oxygen atoms in total. The Morgan fingerprint density at radius 3 is 2.43 bits per heavy atom. The number of rotatable bonds is 2. The molecule has 0 radical (unpaired) electrons. The average molecular weight is 394 g/mol. The number of anilines is 1. The minimum atomic E-state index is -4.54. The van der Waals surface area contributed by atoms with E-state index in [9.17, 15) is 18.0 Å². The number of hydrogen-bond acceptors (Lipinski definition) is 3. The molecule has 4 rings (SSSR count). The fourth-order valence-electron chi connectivity index (χ4n) is 4.85. The number of carbonyl (C=O) groups is 1. The molecule has 0 spiro atoms. The summed E-state index contributed by atoms with van der Waals surface area (Å²) in [4.78, 5) is 18.7. The fourth-order valence-corrected chi connectivity index (χ4v) is 4.85. The van der Waals surface area contributed by atoms with Gasteiger partial charge in [0.15, 0.2) is 0 Å². The predicted molar refractivity (Wildman–Crippen MR) is 101 cm³/mol. The number of likely N-dealkylation sites (tertiary alicyclic amines) is 1. The summed E-state index contributed by atoms with van der Waals surface area (Å²) in [6, 6.07) is 0. The van der Waals surface area contributed by atoms with E-state index in [2.05, 4.69) is 4.98 Å². The number of fused-ring (bicyclic) bond motifs is 1. The van der Waals surface area contributed by atoms with Gasteiger partial charge in [0.25, 0.3) is 0 Å². The number of nitrogens with two attached hydrogens (primary N) is 1. The summed E-state index contributed by atoms with van der Waals surface area (Å²) in [6.07, 6.45) is 3.73. The molecule has 152 valence electrons. The molecule has 8 heteroatoms. The van der Waals surface area contributed by atoms with Gasteiger partial charge in [-0.15, -0.1) is 0 Å². The molecule has 3 heterocycles. The Bertz CT molecular complexity index is 891. The molecule has 0 aromatic carbocycles. The van der Waals surface area contributed by atoms with Gasteiger partial charge in [0.2, 0.25) is 5.91 Å². The molecular weight excluding hydrogens is 369 g/mol. The number of halogens is 3. The van der Waals surface area contributed by atoms with Gasteiger partial charge in [-0.05, 0) is 37.2 Å². The third-order valence-corrected chi connectivity index (χ3v) is 6.28. The van der Waals surface area contributed by atoms with Crippen LogP contribution in [0.4, 0.5) is 18.9 Å². The second-order valence-corrected chi connectivity index (χ2v) is 8.06. The quantitative estimate of drug-likeness (QED) is 0.835. The smallest absolute Gasteiger partial charge is 0.397 e. The third-order valence-electron chi connectivity index (χ3n) is 6.28. The lowest BCUT2D eigenvalue weighted by Gasteiger charge is -2.33. The molecule has 2 aliphatic rings. The topological polar surface area (TPSA) is 64.2 Å². The zero-order chi connectivity index (χ0) is 20.1. The zero-order valence-electron chi connectivity index (χ0n) is 15.9. The Hall–Kier alpha value is -2.25. The number of aromatic nitrogens is 2. The van der Waals surface area contributed by atoms with Gasteiger partial charge in [-0.25, -0.2) is 4.98 Å². The van der Waals surface area contributed by atoms with Crippen LogP contribution in [0.15, 0.2) is 12.4 Å². The van der Waals surface area contributed by atoms with E-state index in [0.29, 0.717) is 37.1 Å². The molecule has 0 bridgehead atoms. The van der Waals surface area contributed by atoms with E-state index in [0.717, 1.165) is 31.9 Å². The summed E-state index contributed by atoms with van der Waals surface area (Å²) < 4.78 is 42.8. The van der Waals surface area contributed by atoms with Crippen molar-refractivity contribution in [3.05, 3.63) is 23.5 Å². The van der Waals surface area contributed by atoms with Gasteiger partial charge in [-0.2, -0.15) is 13.2 Å². The minimum Gasteiger partial charge on any atom is -0.397 e. The van der Waals surface area contributed by atoms with Crippen LogP contribution < -0.4 is 5.73 Å². The maximum absolute atomic E-state index is 13.7. The van der Waals surface area contributed by atoms with E-state index in [1.807, 2.05) is 4.90 Å². The number of hydrogen-bond donors (Lipinski definition) is 1. The van der Waals surface area contributed by atoms with Crippen molar-refractivity contribution in [2.75, 3.05) is 18.8 Å². The van der Waals surface area contributed by atoms with Gasteiger partial charge in [-0.1, -0.05) is 12.8 Å². The summed E-state index contributed by atoms with van der Waals surface area (Å²) in [6.45, 7) is 1.18. The van der Waals surface area contributed by atoms with Crippen molar-refractivity contribution in [3.63, 3.8) is 0 Å². The zero-order valence-corrected chi connectivity index (χ0v) is 15.9. The number of pyridine rings is 1. The highest BCUT2D eigenvalue weighted by atomic mass is 19.4. The second kappa shape index (κ2) is 6.97. The van der Waals surface area contributed by atoms with Gasteiger partial charge in [0, 0.05) is 37.6 Å². The molecule has 1 saturated carbocycles. The summed E-state index contributed by atoms with van der Waals surface area (Å²) in [5, 5.41) is 0.107. The first-order valence-corrected chi connectivity index (χ1v) is 9.86. The number of alkyl halides is 3. The van der Waals surface area contributed by atoms with Crippen molar-refractivity contribution in [3.8, 4) is 0 Å². The number of amides is 1. The highest BCUT2D eigenvalue weighted by Crippen LogP contribution is 2.43. The van der Waals surface area contributed by atoms with Gasteiger partial charge in [0.1, 0.15) is 5.65 Å². The number of nitrogens with zero attached hydrogens (tertiary/aromatic N) is 3. The van der Waals surface area contributed by atoms with E-state index in [4.69, 9.17) is 5.73 Å². The Morgan fingerprint density at radius 1 is 1.18 bits per heavy atom. The van der Waals surface area contributed by atoms with Crippen LogP contribution in [-0.2, 0) is 18.0 Å². The Labute approximate surface area is 161 Å². The van der Waals surface area contributed by atoms with Crippen LogP contribution in [0.3, 0.4) is 0 Å². The van der Waals surface area contributed by atoms with Gasteiger partial charge in [0.05, 0.1) is 17.4 Å². The molecule has 2 N–H and O–H groups in total. The van der Waals surface area contributed by atoms with Crippen LogP contribution in [0.5, 0.6) is 0 Å². The van der Waals surface area contributed by atoms with Crippen LogP contribution in [-0.4, -0.2) is 33.4 Å². The van der Waals surface area contributed by atoms with Gasteiger partial charge in [-0.3, -0.25) is 4.79 Å². The first-order valence-electron chi connectivity index (χ1n) is 9.86. The highest BCUT2D eigenvalue weighted by Gasteiger charge is 2.39. The molecule has 28 heavy (non-hydrogen) atoms. The number of nitrogen functional groups attached to an aromatic ring is 1. The lowest BCUT2D eigenvalue weighted by molar-refractivity contribution is -0.136. The van der Waals surface area contributed by atoms with Crippen molar-refractivity contribution >= 4 is 22.6 Å². The normalized spacial score (nSPS) is 19.6. The monoisotopic (exact) mass is 394 g/mol. The lowest BCUT2D eigenvalue weighted by Crippen LogP contribution is -2.40. The van der Waals surface area contributed by atoms with Crippen molar-refractivity contribution in [1.29, 1.82) is 0 Å². The lowest BCUT2D eigenvalue weighted by atomic mass is 9.87. The van der Waals surface area contributed by atoms with Crippen LogP contribution in [0.2, 0.25) is 0 Å². The van der Waals surface area contributed by atoms with Crippen molar-refractivity contribution in [2.24, 2.45) is 13.0 Å². The molecule has 1 saturated heterocycles. The van der Waals surface area contributed by atoms with E-state index in [1.54, 1.807) is 17.8 Å². The van der Waals surface area contributed by atoms with Crippen LogP contribution in [0.1, 0.15) is 55.6 Å². The maximum atomic E-state index is 13.7. The Kier molecular flexibility index (Phi) is 4.75. The first kappa shape index (κ1) is 19.1. The Morgan fingerprint density at radius 2 is 1.82 bits per heavy atom. The average Bonchev–Trinajstić information content (AvgIpc) is 3.29. The van der Waals surface area contributed by atoms with Crippen LogP contribution in [0.25, 0.3) is 11.0 Å². The van der Waals surface area contributed by atoms with Gasteiger partial charge < -0.3 is 15.2 Å². The molecule has 2 aromatic rings. The van der Waals surface area contributed by atoms with Crippen molar-refractivity contribution in [2.45, 2.75) is 50.6 Å². The maximum Gasteiger partial charge on any atom is 0.419 e. The van der Waals surface area contributed by atoms with Gasteiger partial charge >= 0.3 is 6.18 Å². The Balaban J connectivity index is 1.62. The molecule has 2 aromatic heterocycles. The largest absolute Gasteiger partial charge is 0.419 e. The predicted octanol–water partition coefficient (Wildman–Crippen LogP) is 4.07. The number of aryl methyl sites for hydroxylation is 1. The highest BCUT2D eigenvalue weighted by molar-refractivity contribution is 5.89. The molecule has 1 aliphatic heterocycles. The van der Waals surface area contributed by atoms with E-state index < -0.39 is 11.7 Å². The van der Waals surface area contributed by atoms with Crippen molar-refractivity contribution < 1.29 is 18.0 Å². The standard InChI is InChI=1S/C20H25F3N4O/c1-26-11-14(16-17(20(21,22)23)15(24)10-25-18(16)26)12-6-8-27(9-7-12)19(28)13-4-2-3-5-13/h10-13H,2-9,24H2,1H3.